The van der Waals surface area contributed by atoms with E-state index in [2.05, 4.69) is 20.0 Å². The van der Waals surface area contributed by atoms with Gasteiger partial charge in [-0.15, -0.1) is 11.3 Å². The molecule has 10 heteroatoms. The molecule has 4 rings (SSSR count). The Morgan fingerprint density at radius 1 is 1.03 bits per heavy atom. The van der Waals surface area contributed by atoms with Gasteiger partial charge in [-0.2, -0.15) is 0 Å². The lowest BCUT2D eigenvalue weighted by Gasteiger charge is -2.17. The number of rotatable bonds is 9. The van der Waals surface area contributed by atoms with Crippen LogP contribution in [-0.4, -0.2) is 31.4 Å². The minimum Gasteiger partial charge on any atom is -0.480 e. The second-order valence-corrected chi connectivity index (χ2v) is 10.4. The smallest absolute Gasteiger partial charge is 0.275 e. The van der Waals surface area contributed by atoms with Crippen molar-refractivity contribution in [2.45, 2.75) is 31.6 Å². The van der Waals surface area contributed by atoms with Crippen LogP contribution in [0.25, 0.3) is 10.6 Å². The fourth-order valence-electron chi connectivity index (χ4n) is 3.70. The predicted octanol–water partition coefficient (Wildman–Crippen LogP) is 5.39. The average Bonchev–Trinajstić information content (AvgIpc) is 3.40. The third-order valence-electron chi connectivity index (χ3n) is 5.55. The Labute approximate surface area is 214 Å². The molecule has 0 unspecified atom stereocenters. The number of aromatic nitrogens is 2. The maximum Gasteiger partial charge on any atom is 0.275 e. The Morgan fingerprint density at radius 3 is 2.36 bits per heavy atom. The Morgan fingerprint density at radius 2 is 1.72 bits per heavy atom. The highest BCUT2D eigenvalue weighted by molar-refractivity contribution is 7.92. The maximum absolute atomic E-state index is 13.4. The molecule has 0 aliphatic carbocycles. The summed E-state index contributed by atoms with van der Waals surface area (Å²) in [5.74, 6) is -0.547. The first-order valence-corrected chi connectivity index (χ1v) is 13.7. The molecule has 0 aliphatic rings. The number of anilines is 2. The van der Waals surface area contributed by atoms with Crippen molar-refractivity contribution < 1.29 is 17.9 Å². The lowest BCUT2D eigenvalue weighted by molar-refractivity contribution is 0.102. The normalized spacial score (nSPS) is 11.2. The van der Waals surface area contributed by atoms with Crippen LogP contribution in [0.4, 0.5) is 11.4 Å². The number of benzene rings is 2. The quantitative estimate of drug-likeness (QED) is 0.305. The van der Waals surface area contributed by atoms with E-state index in [1.807, 2.05) is 62.4 Å². The van der Waals surface area contributed by atoms with Gasteiger partial charge in [0.25, 0.3) is 15.9 Å². The zero-order valence-electron chi connectivity index (χ0n) is 20.1. The van der Waals surface area contributed by atoms with E-state index in [-0.39, 0.29) is 22.2 Å². The fraction of sp³-hybridized carbons (Fsp3) is 0.192. The highest BCUT2D eigenvalue weighted by atomic mass is 32.2. The summed E-state index contributed by atoms with van der Waals surface area (Å²) in [6.07, 6.45) is 2.67. The van der Waals surface area contributed by atoms with Gasteiger partial charge in [0.15, 0.2) is 4.90 Å². The Hall–Kier alpha value is -3.76. The largest absolute Gasteiger partial charge is 0.480 e. The number of methoxy groups -OCH3 is 1. The second-order valence-electron chi connectivity index (χ2n) is 7.85. The van der Waals surface area contributed by atoms with Crippen molar-refractivity contribution in [3.63, 3.8) is 0 Å². The molecular weight excluding hydrogens is 496 g/mol. The van der Waals surface area contributed by atoms with Crippen LogP contribution in [0.5, 0.6) is 5.88 Å². The number of hydrogen-bond acceptors (Lipinski definition) is 7. The summed E-state index contributed by atoms with van der Waals surface area (Å²) in [5, 5.41) is 5.06. The molecule has 0 aliphatic heterocycles. The van der Waals surface area contributed by atoms with Gasteiger partial charge >= 0.3 is 0 Å². The first kappa shape index (κ1) is 25.3. The summed E-state index contributed by atoms with van der Waals surface area (Å²) < 4.78 is 34.8. The van der Waals surface area contributed by atoms with Crippen molar-refractivity contribution in [1.82, 2.24) is 9.97 Å². The molecule has 4 aromatic rings. The van der Waals surface area contributed by atoms with Crippen LogP contribution < -0.4 is 14.8 Å². The van der Waals surface area contributed by atoms with Gasteiger partial charge in [0.1, 0.15) is 10.7 Å². The van der Waals surface area contributed by atoms with Gasteiger partial charge in [0, 0.05) is 10.9 Å². The van der Waals surface area contributed by atoms with Gasteiger partial charge in [0.2, 0.25) is 5.88 Å². The highest BCUT2D eigenvalue weighted by Gasteiger charge is 2.24. The zero-order chi connectivity index (χ0) is 25.7. The van der Waals surface area contributed by atoms with E-state index in [1.165, 1.54) is 30.7 Å². The van der Waals surface area contributed by atoms with Crippen LogP contribution in [0.1, 0.15) is 35.5 Å². The van der Waals surface area contributed by atoms with E-state index in [0.29, 0.717) is 23.5 Å². The molecule has 0 radical (unpaired) electrons. The molecule has 2 aromatic heterocycles. The number of pyridine rings is 1. The molecule has 1 amide bonds. The van der Waals surface area contributed by atoms with E-state index < -0.39 is 15.9 Å². The van der Waals surface area contributed by atoms with E-state index in [1.54, 1.807) is 5.38 Å². The highest BCUT2D eigenvalue weighted by Crippen LogP contribution is 2.30. The molecule has 0 saturated heterocycles. The van der Waals surface area contributed by atoms with Crippen molar-refractivity contribution in [1.29, 1.82) is 0 Å². The van der Waals surface area contributed by atoms with Gasteiger partial charge in [-0.3, -0.25) is 9.52 Å². The molecule has 0 fully saturated rings. The predicted molar refractivity (Wildman–Crippen MR) is 142 cm³/mol. The average molecular weight is 523 g/mol. The van der Waals surface area contributed by atoms with Crippen LogP contribution in [0, 0.1) is 0 Å². The molecule has 0 atom stereocenters. The standard InChI is InChI=1S/C26H26N4O4S2/c1-4-17-12-9-13-18(5-2)23(17)30-36(32,33)22-14-20(15-27-25(22)34-3)28-24(31)21-16-35-26(29-21)19-10-7-6-8-11-19/h6-16,30H,4-5H2,1-3H3,(H,28,31). The minimum absolute atomic E-state index is 0.0763. The monoisotopic (exact) mass is 522 g/mol. The molecule has 8 nitrogen and oxygen atoms in total. The summed E-state index contributed by atoms with van der Waals surface area (Å²) >= 11 is 1.35. The molecule has 2 aromatic carbocycles. The third-order valence-corrected chi connectivity index (χ3v) is 7.79. The molecule has 0 saturated carbocycles. The van der Waals surface area contributed by atoms with Gasteiger partial charge in [-0.25, -0.2) is 18.4 Å². The van der Waals surface area contributed by atoms with E-state index in [9.17, 15) is 13.2 Å². The number of nitrogens with zero attached hydrogens (tertiary/aromatic N) is 2. The molecule has 186 valence electrons. The maximum atomic E-state index is 13.4. The molecule has 2 heterocycles. The number of hydrogen-bond donors (Lipinski definition) is 2. The first-order valence-electron chi connectivity index (χ1n) is 11.4. The molecule has 0 bridgehead atoms. The van der Waals surface area contributed by atoms with Crippen molar-refractivity contribution in [2.24, 2.45) is 0 Å². The molecule has 0 spiro atoms. The van der Waals surface area contributed by atoms with Crippen LogP contribution in [0.2, 0.25) is 0 Å². The van der Waals surface area contributed by atoms with Gasteiger partial charge in [0.05, 0.1) is 24.7 Å². The van der Waals surface area contributed by atoms with Gasteiger partial charge in [-0.05, 0) is 30.0 Å². The number of thiazole rings is 1. The number of sulfonamides is 1. The summed E-state index contributed by atoms with van der Waals surface area (Å²) in [6.45, 7) is 3.93. The number of para-hydroxylation sites is 1. The number of carbonyl (C=O) groups is 1. The topological polar surface area (TPSA) is 110 Å². The first-order chi connectivity index (χ1) is 17.4. The lowest BCUT2D eigenvalue weighted by atomic mass is 10.0. The lowest BCUT2D eigenvalue weighted by Crippen LogP contribution is -2.18. The zero-order valence-corrected chi connectivity index (χ0v) is 21.7. The van der Waals surface area contributed by atoms with Crippen molar-refractivity contribution >= 4 is 38.6 Å². The number of ether oxygens (including phenoxy) is 1. The van der Waals surface area contributed by atoms with Gasteiger partial charge in [-0.1, -0.05) is 62.4 Å². The summed E-state index contributed by atoms with van der Waals surface area (Å²) in [4.78, 5) is 21.2. The van der Waals surface area contributed by atoms with Crippen LogP contribution in [0.15, 0.2) is 71.1 Å². The van der Waals surface area contributed by atoms with Crippen LogP contribution in [-0.2, 0) is 22.9 Å². The number of carbonyl (C=O) groups excluding carboxylic acids is 1. The number of amides is 1. The third kappa shape index (κ3) is 5.39. The van der Waals surface area contributed by atoms with E-state index in [4.69, 9.17) is 4.74 Å². The van der Waals surface area contributed by atoms with Crippen molar-refractivity contribution in [3.05, 3.63) is 83.0 Å². The summed E-state index contributed by atoms with van der Waals surface area (Å²) in [5.41, 5.74) is 3.65. The number of nitrogens with one attached hydrogen (secondary N) is 2. The Balaban J connectivity index is 1.62. The van der Waals surface area contributed by atoms with E-state index >= 15 is 0 Å². The Kier molecular flexibility index (Phi) is 7.66. The number of aryl methyl sites for hydroxylation is 2. The van der Waals surface area contributed by atoms with Gasteiger partial charge < -0.3 is 10.1 Å². The van der Waals surface area contributed by atoms with E-state index in [0.717, 1.165) is 16.7 Å². The molecule has 2 N–H and O–H groups in total. The van der Waals surface area contributed by atoms with Crippen LogP contribution in [0.3, 0.4) is 0 Å². The summed E-state index contributed by atoms with van der Waals surface area (Å²) in [6, 6.07) is 16.6. The Bertz CT molecular complexity index is 1460. The van der Waals surface area contributed by atoms with Crippen molar-refractivity contribution in [3.8, 4) is 16.5 Å². The van der Waals surface area contributed by atoms with Crippen molar-refractivity contribution in [2.75, 3.05) is 17.1 Å². The minimum atomic E-state index is -4.08. The molecular formula is C26H26N4O4S2. The summed E-state index contributed by atoms with van der Waals surface area (Å²) in [7, 11) is -2.73. The fourth-order valence-corrected chi connectivity index (χ4v) is 5.79. The SMILES string of the molecule is CCc1cccc(CC)c1NS(=O)(=O)c1cc(NC(=O)c2csc(-c3ccccc3)n2)cnc1OC. The van der Waals surface area contributed by atoms with Crippen LogP contribution >= 0.6 is 11.3 Å². The molecule has 36 heavy (non-hydrogen) atoms. The second kappa shape index (κ2) is 10.9.